The Morgan fingerprint density at radius 1 is 1.17 bits per heavy atom. The molecule has 2 aromatic carbocycles. The Morgan fingerprint density at radius 3 is 2.92 bits per heavy atom. The highest BCUT2D eigenvalue weighted by Crippen LogP contribution is 2.34. The van der Waals surface area contributed by atoms with E-state index in [1.54, 1.807) is 18.2 Å². The smallest absolute Gasteiger partial charge is 0.269 e. The van der Waals surface area contributed by atoms with Gasteiger partial charge in [0.2, 0.25) is 12.7 Å². The lowest BCUT2D eigenvalue weighted by molar-refractivity contribution is -0.116. The number of benzene rings is 2. The van der Waals surface area contributed by atoms with Crippen molar-refractivity contribution >= 4 is 34.9 Å². The van der Waals surface area contributed by atoms with Crippen LogP contribution in [0.4, 0.5) is 5.69 Å². The van der Waals surface area contributed by atoms with Gasteiger partial charge in [-0.1, -0.05) is 12.1 Å². The zero-order valence-corrected chi connectivity index (χ0v) is 13.5. The van der Waals surface area contributed by atoms with Crippen LogP contribution in [0.15, 0.2) is 46.9 Å². The molecule has 7 heteroatoms. The molecule has 1 aliphatic heterocycles. The molecule has 0 bridgehead atoms. The van der Waals surface area contributed by atoms with Crippen molar-refractivity contribution < 1.29 is 18.7 Å². The van der Waals surface area contributed by atoms with Crippen LogP contribution in [0.5, 0.6) is 11.5 Å². The summed E-state index contributed by atoms with van der Waals surface area (Å²) in [5, 5.41) is 2.85. The number of aryl methyl sites for hydroxylation is 1. The number of aromatic nitrogens is 1. The highest BCUT2D eigenvalue weighted by atomic mass is 32.1. The van der Waals surface area contributed by atoms with Gasteiger partial charge >= 0.3 is 0 Å². The molecule has 0 atom stereocenters. The minimum atomic E-state index is -0.110. The lowest BCUT2D eigenvalue weighted by atomic mass is 10.2. The monoisotopic (exact) mass is 342 g/mol. The molecular formula is C17H14N2O4S. The summed E-state index contributed by atoms with van der Waals surface area (Å²) in [5.41, 5.74) is 2.28. The second kappa shape index (κ2) is 6.01. The molecule has 122 valence electrons. The predicted octanol–water partition coefficient (Wildman–Crippen LogP) is 3.72. The number of para-hydroxylation sites is 2. The number of nitrogens with zero attached hydrogens (tertiary/aromatic N) is 1. The van der Waals surface area contributed by atoms with E-state index in [0.717, 1.165) is 11.1 Å². The molecule has 0 saturated heterocycles. The molecule has 1 N–H and O–H groups in total. The van der Waals surface area contributed by atoms with Gasteiger partial charge in [0.05, 0.1) is 5.52 Å². The first kappa shape index (κ1) is 14.8. The molecule has 24 heavy (non-hydrogen) atoms. The van der Waals surface area contributed by atoms with Crippen molar-refractivity contribution in [3.8, 4) is 11.5 Å². The first-order chi connectivity index (χ1) is 11.7. The highest BCUT2D eigenvalue weighted by Gasteiger charge is 2.14. The van der Waals surface area contributed by atoms with E-state index in [1.165, 1.54) is 0 Å². The lowest BCUT2D eigenvalue weighted by Gasteiger charge is -2.07. The third-order valence-corrected chi connectivity index (χ3v) is 4.10. The fourth-order valence-electron chi connectivity index (χ4n) is 2.64. The summed E-state index contributed by atoms with van der Waals surface area (Å²) in [6, 6.07) is 12.9. The molecule has 0 fully saturated rings. The number of amides is 1. The lowest BCUT2D eigenvalue weighted by Crippen LogP contribution is -2.14. The summed E-state index contributed by atoms with van der Waals surface area (Å²) < 4.78 is 17.9. The number of carbonyl (C=O) groups is 1. The summed E-state index contributed by atoms with van der Waals surface area (Å²) >= 11 is 5.22. The summed E-state index contributed by atoms with van der Waals surface area (Å²) in [5.74, 6) is 1.21. The summed E-state index contributed by atoms with van der Waals surface area (Å²) in [7, 11) is 0. The fourth-order valence-corrected chi connectivity index (χ4v) is 2.92. The number of oxazole rings is 1. The molecular weight excluding hydrogens is 328 g/mol. The van der Waals surface area contributed by atoms with Crippen molar-refractivity contribution in [1.82, 2.24) is 4.57 Å². The van der Waals surface area contributed by atoms with E-state index in [0.29, 0.717) is 28.6 Å². The quantitative estimate of drug-likeness (QED) is 0.732. The number of nitrogens with one attached hydrogen (secondary N) is 1. The van der Waals surface area contributed by atoms with Gasteiger partial charge in [-0.25, -0.2) is 0 Å². The van der Waals surface area contributed by atoms with Gasteiger partial charge in [-0.3, -0.25) is 9.36 Å². The third-order valence-electron chi connectivity index (χ3n) is 3.79. The largest absolute Gasteiger partial charge is 0.454 e. The van der Waals surface area contributed by atoms with Gasteiger partial charge in [0.1, 0.15) is 0 Å². The number of hydrogen-bond donors (Lipinski definition) is 1. The maximum Gasteiger partial charge on any atom is 0.269 e. The average Bonchev–Trinajstić information content (AvgIpc) is 3.16. The van der Waals surface area contributed by atoms with Crippen LogP contribution in [0.1, 0.15) is 6.42 Å². The number of fused-ring (bicyclic) bond motifs is 2. The SMILES string of the molecule is O=C(CCn1c(=S)oc2ccccc21)Nc1ccc2c(c1)OCO2. The van der Waals surface area contributed by atoms with Crippen molar-refractivity contribution in [3.05, 3.63) is 47.3 Å². The van der Waals surface area contributed by atoms with Gasteiger partial charge in [-0.15, -0.1) is 0 Å². The fraction of sp³-hybridized carbons (Fsp3) is 0.176. The standard InChI is InChI=1S/C17H14N2O4S/c20-16(18-11-5-6-14-15(9-11)22-10-21-14)7-8-19-12-3-1-2-4-13(12)23-17(19)24/h1-6,9H,7-8,10H2,(H,18,20). The van der Waals surface area contributed by atoms with Crippen LogP contribution < -0.4 is 14.8 Å². The summed E-state index contributed by atoms with van der Waals surface area (Å²) in [4.78, 5) is 12.6. The number of rotatable bonds is 4. The molecule has 0 unspecified atom stereocenters. The summed E-state index contributed by atoms with van der Waals surface area (Å²) in [6.45, 7) is 0.658. The third kappa shape index (κ3) is 2.74. The molecule has 0 aliphatic carbocycles. The van der Waals surface area contributed by atoms with Crippen molar-refractivity contribution in [3.63, 3.8) is 0 Å². The van der Waals surface area contributed by atoms with Crippen LogP contribution in [0.3, 0.4) is 0 Å². The van der Waals surface area contributed by atoms with E-state index < -0.39 is 0 Å². The molecule has 0 radical (unpaired) electrons. The molecule has 3 aromatic rings. The van der Waals surface area contributed by atoms with Crippen molar-refractivity contribution in [1.29, 1.82) is 0 Å². The Balaban J connectivity index is 1.45. The first-order valence-corrected chi connectivity index (χ1v) is 7.89. The molecule has 6 nitrogen and oxygen atoms in total. The van der Waals surface area contributed by atoms with Crippen LogP contribution in [0.25, 0.3) is 11.1 Å². The zero-order valence-electron chi connectivity index (χ0n) is 12.7. The van der Waals surface area contributed by atoms with Crippen LogP contribution in [0.2, 0.25) is 0 Å². The Bertz CT molecular complexity index is 976. The van der Waals surface area contributed by atoms with Gasteiger partial charge in [0.15, 0.2) is 17.1 Å². The van der Waals surface area contributed by atoms with Crippen LogP contribution in [-0.2, 0) is 11.3 Å². The van der Waals surface area contributed by atoms with E-state index in [-0.39, 0.29) is 19.1 Å². The molecule has 1 aromatic heterocycles. The topological polar surface area (TPSA) is 65.6 Å². The van der Waals surface area contributed by atoms with Gasteiger partial charge in [0, 0.05) is 24.7 Å². The predicted molar refractivity (Wildman–Crippen MR) is 90.8 cm³/mol. The number of anilines is 1. The van der Waals surface area contributed by atoms with Crippen molar-refractivity contribution in [2.75, 3.05) is 12.1 Å². The molecule has 4 rings (SSSR count). The highest BCUT2D eigenvalue weighted by molar-refractivity contribution is 7.71. The van der Waals surface area contributed by atoms with Gasteiger partial charge in [0.25, 0.3) is 4.84 Å². The van der Waals surface area contributed by atoms with E-state index in [4.69, 9.17) is 26.1 Å². The average molecular weight is 342 g/mol. The molecule has 0 saturated carbocycles. The number of carbonyl (C=O) groups excluding carboxylic acids is 1. The first-order valence-electron chi connectivity index (χ1n) is 7.48. The van der Waals surface area contributed by atoms with E-state index in [1.807, 2.05) is 28.8 Å². The molecule has 1 amide bonds. The van der Waals surface area contributed by atoms with Crippen LogP contribution in [0, 0.1) is 4.84 Å². The van der Waals surface area contributed by atoms with Gasteiger partial charge < -0.3 is 19.2 Å². The normalized spacial score (nSPS) is 12.5. The molecule has 2 heterocycles. The van der Waals surface area contributed by atoms with Crippen LogP contribution in [-0.4, -0.2) is 17.3 Å². The van der Waals surface area contributed by atoms with Gasteiger partial charge in [-0.05, 0) is 36.5 Å². The zero-order chi connectivity index (χ0) is 16.5. The minimum Gasteiger partial charge on any atom is -0.454 e. The van der Waals surface area contributed by atoms with Crippen molar-refractivity contribution in [2.24, 2.45) is 0 Å². The van der Waals surface area contributed by atoms with Crippen LogP contribution >= 0.6 is 12.2 Å². The Hall–Kier alpha value is -2.80. The minimum absolute atomic E-state index is 0.110. The van der Waals surface area contributed by atoms with E-state index in [9.17, 15) is 4.79 Å². The Kier molecular flexibility index (Phi) is 3.70. The number of hydrogen-bond acceptors (Lipinski definition) is 5. The van der Waals surface area contributed by atoms with E-state index >= 15 is 0 Å². The maximum absolute atomic E-state index is 12.2. The van der Waals surface area contributed by atoms with Crippen molar-refractivity contribution in [2.45, 2.75) is 13.0 Å². The molecule has 1 aliphatic rings. The Morgan fingerprint density at radius 2 is 2.00 bits per heavy atom. The second-order valence-electron chi connectivity index (χ2n) is 5.35. The van der Waals surface area contributed by atoms with E-state index in [2.05, 4.69) is 5.32 Å². The maximum atomic E-state index is 12.2. The van der Waals surface area contributed by atoms with Gasteiger partial charge in [-0.2, -0.15) is 0 Å². The number of ether oxygens (including phenoxy) is 2. The molecule has 0 spiro atoms. The second-order valence-corrected chi connectivity index (χ2v) is 5.70. The Labute approximate surface area is 142 Å². The summed E-state index contributed by atoms with van der Waals surface area (Å²) in [6.07, 6.45) is 0.284.